The second kappa shape index (κ2) is 9.22. The fraction of sp³-hybridized carbons (Fsp3) is 0.429. The highest BCUT2D eigenvalue weighted by molar-refractivity contribution is 5.92. The van der Waals surface area contributed by atoms with Crippen molar-refractivity contribution >= 4 is 11.6 Å². The van der Waals surface area contributed by atoms with Gasteiger partial charge in [-0.2, -0.15) is 0 Å². The molecule has 138 valence electrons. The zero-order chi connectivity index (χ0) is 18.2. The highest BCUT2D eigenvalue weighted by Crippen LogP contribution is 2.15. The van der Waals surface area contributed by atoms with E-state index in [4.69, 9.17) is 4.74 Å². The summed E-state index contributed by atoms with van der Waals surface area (Å²) in [6.45, 7) is 2.51. The number of methoxy groups -OCH3 is 1. The lowest BCUT2D eigenvalue weighted by molar-refractivity contribution is 0.0756. The normalized spacial score (nSPS) is 14.6. The van der Waals surface area contributed by atoms with E-state index in [-0.39, 0.29) is 5.91 Å². The number of hydrogen-bond donors (Lipinski definition) is 1. The monoisotopic (exact) mass is 353 g/mol. The summed E-state index contributed by atoms with van der Waals surface area (Å²) in [5.41, 5.74) is 2.72. The maximum absolute atomic E-state index is 12.5. The maximum Gasteiger partial charge on any atom is 0.272 e. The predicted molar refractivity (Wildman–Crippen MR) is 104 cm³/mol. The van der Waals surface area contributed by atoms with Gasteiger partial charge in [-0.05, 0) is 49.1 Å². The molecule has 3 rings (SSSR count). The van der Waals surface area contributed by atoms with E-state index in [1.54, 1.807) is 13.3 Å². The lowest BCUT2D eigenvalue weighted by Crippen LogP contribution is -2.32. The van der Waals surface area contributed by atoms with E-state index in [1.165, 1.54) is 18.4 Å². The maximum atomic E-state index is 12.5. The standard InChI is InChI=1S/C21H27N3O2/c1-26-19-9-6-17(7-10-19)12-13-22-18-8-11-20(23-16-18)21(25)24-14-4-2-3-5-15-24/h6-11,16,22H,2-5,12-15H2,1H3. The van der Waals surface area contributed by atoms with Crippen LogP contribution in [0.4, 0.5) is 5.69 Å². The number of nitrogens with one attached hydrogen (secondary N) is 1. The van der Waals surface area contributed by atoms with E-state index in [2.05, 4.69) is 22.4 Å². The molecule has 26 heavy (non-hydrogen) atoms. The van der Waals surface area contributed by atoms with Gasteiger partial charge in [0.25, 0.3) is 5.91 Å². The van der Waals surface area contributed by atoms with E-state index in [0.29, 0.717) is 5.69 Å². The molecule has 2 aromatic rings. The van der Waals surface area contributed by atoms with Crippen molar-refractivity contribution < 1.29 is 9.53 Å². The average Bonchev–Trinajstić information content (AvgIpc) is 2.98. The Kier molecular flexibility index (Phi) is 6.47. The number of aromatic nitrogens is 1. The van der Waals surface area contributed by atoms with E-state index < -0.39 is 0 Å². The van der Waals surface area contributed by atoms with Crippen molar-refractivity contribution in [2.45, 2.75) is 32.1 Å². The largest absolute Gasteiger partial charge is 0.497 e. The van der Waals surface area contributed by atoms with Gasteiger partial charge >= 0.3 is 0 Å². The molecule has 0 radical (unpaired) electrons. The molecule has 0 saturated carbocycles. The molecule has 5 heteroatoms. The van der Waals surface area contributed by atoms with Gasteiger partial charge in [0.15, 0.2) is 0 Å². The van der Waals surface area contributed by atoms with Gasteiger partial charge in [0, 0.05) is 19.6 Å². The number of benzene rings is 1. The highest BCUT2D eigenvalue weighted by atomic mass is 16.5. The van der Waals surface area contributed by atoms with Gasteiger partial charge in [0.1, 0.15) is 11.4 Å². The molecule has 1 saturated heterocycles. The molecule has 1 aromatic heterocycles. The minimum Gasteiger partial charge on any atom is -0.497 e. The molecule has 1 fully saturated rings. The second-order valence-electron chi connectivity index (χ2n) is 6.66. The lowest BCUT2D eigenvalue weighted by atomic mass is 10.1. The summed E-state index contributed by atoms with van der Waals surface area (Å²) in [5, 5.41) is 3.36. The Bertz CT molecular complexity index is 690. The molecule has 2 heterocycles. The van der Waals surface area contributed by atoms with Gasteiger partial charge in [-0.15, -0.1) is 0 Å². The van der Waals surface area contributed by atoms with Gasteiger partial charge in [-0.1, -0.05) is 25.0 Å². The van der Waals surface area contributed by atoms with E-state index in [9.17, 15) is 4.79 Å². The first kappa shape index (κ1) is 18.2. The quantitative estimate of drug-likeness (QED) is 0.859. The number of carbonyl (C=O) groups is 1. The molecule has 0 spiro atoms. The first-order chi connectivity index (χ1) is 12.8. The van der Waals surface area contributed by atoms with E-state index >= 15 is 0 Å². The Morgan fingerprint density at radius 1 is 1.08 bits per heavy atom. The molecule has 1 aliphatic heterocycles. The number of amides is 1. The first-order valence-electron chi connectivity index (χ1n) is 9.38. The van der Waals surface area contributed by atoms with Crippen LogP contribution < -0.4 is 10.1 Å². The van der Waals surface area contributed by atoms with Crippen LogP contribution in [0, 0.1) is 0 Å². The van der Waals surface area contributed by atoms with Crippen molar-refractivity contribution in [2.75, 3.05) is 32.1 Å². The van der Waals surface area contributed by atoms with Crippen LogP contribution in [0.1, 0.15) is 41.7 Å². The molecule has 0 aliphatic carbocycles. The average molecular weight is 353 g/mol. The summed E-state index contributed by atoms with van der Waals surface area (Å²) in [6.07, 6.45) is 7.29. The number of pyridine rings is 1. The number of likely N-dealkylation sites (tertiary alicyclic amines) is 1. The minimum atomic E-state index is 0.0525. The molecule has 1 amide bonds. The Labute approximate surface area is 155 Å². The Balaban J connectivity index is 1.49. The molecular formula is C21H27N3O2. The lowest BCUT2D eigenvalue weighted by Gasteiger charge is -2.19. The minimum absolute atomic E-state index is 0.0525. The second-order valence-corrected chi connectivity index (χ2v) is 6.66. The summed E-state index contributed by atoms with van der Waals surface area (Å²) in [5.74, 6) is 0.923. The van der Waals surface area contributed by atoms with Crippen LogP contribution in [0.2, 0.25) is 0 Å². The summed E-state index contributed by atoms with van der Waals surface area (Å²) in [7, 11) is 1.67. The Hall–Kier alpha value is -2.56. The Morgan fingerprint density at radius 2 is 1.81 bits per heavy atom. The van der Waals surface area contributed by atoms with Crippen LogP contribution >= 0.6 is 0 Å². The fourth-order valence-corrected chi connectivity index (χ4v) is 3.20. The zero-order valence-corrected chi connectivity index (χ0v) is 15.4. The number of anilines is 1. The summed E-state index contributed by atoms with van der Waals surface area (Å²) in [6, 6.07) is 11.8. The molecule has 0 bridgehead atoms. The topological polar surface area (TPSA) is 54.5 Å². The van der Waals surface area contributed by atoms with Gasteiger partial charge in [-0.3, -0.25) is 4.79 Å². The van der Waals surface area contributed by atoms with Crippen LogP contribution in [0.25, 0.3) is 0 Å². The number of hydrogen-bond acceptors (Lipinski definition) is 4. The van der Waals surface area contributed by atoms with Crippen molar-refractivity contribution in [3.63, 3.8) is 0 Å². The number of rotatable bonds is 6. The van der Waals surface area contributed by atoms with Gasteiger partial charge < -0.3 is 15.0 Å². The van der Waals surface area contributed by atoms with Crippen LogP contribution in [0.15, 0.2) is 42.6 Å². The van der Waals surface area contributed by atoms with Crippen molar-refractivity contribution in [2.24, 2.45) is 0 Å². The number of nitrogens with zero attached hydrogens (tertiary/aromatic N) is 2. The SMILES string of the molecule is COc1ccc(CCNc2ccc(C(=O)N3CCCCCC3)nc2)cc1. The zero-order valence-electron chi connectivity index (χ0n) is 15.4. The predicted octanol–water partition coefficient (Wildman–Crippen LogP) is 3.76. The first-order valence-corrected chi connectivity index (χ1v) is 9.38. The molecule has 1 N–H and O–H groups in total. The summed E-state index contributed by atoms with van der Waals surface area (Å²) < 4.78 is 5.17. The third-order valence-corrected chi connectivity index (χ3v) is 4.78. The van der Waals surface area contributed by atoms with E-state index in [0.717, 1.165) is 50.3 Å². The van der Waals surface area contributed by atoms with Crippen molar-refractivity contribution in [3.05, 3.63) is 53.9 Å². The summed E-state index contributed by atoms with van der Waals surface area (Å²) in [4.78, 5) is 18.8. The number of ether oxygens (including phenoxy) is 1. The van der Waals surface area contributed by atoms with Crippen molar-refractivity contribution in [1.82, 2.24) is 9.88 Å². The smallest absolute Gasteiger partial charge is 0.272 e. The van der Waals surface area contributed by atoms with Crippen molar-refractivity contribution in [3.8, 4) is 5.75 Å². The number of carbonyl (C=O) groups excluding carboxylic acids is 1. The fourth-order valence-electron chi connectivity index (χ4n) is 3.20. The van der Waals surface area contributed by atoms with Gasteiger partial charge in [0.05, 0.1) is 19.0 Å². The summed E-state index contributed by atoms with van der Waals surface area (Å²) >= 11 is 0. The molecular weight excluding hydrogens is 326 g/mol. The molecule has 0 atom stereocenters. The van der Waals surface area contributed by atoms with Crippen LogP contribution in [0.5, 0.6) is 5.75 Å². The van der Waals surface area contributed by atoms with E-state index in [1.807, 2.05) is 29.2 Å². The van der Waals surface area contributed by atoms with Crippen LogP contribution in [0.3, 0.4) is 0 Å². The van der Waals surface area contributed by atoms with Crippen LogP contribution in [-0.2, 0) is 6.42 Å². The molecule has 1 aliphatic rings. The highest BCUT2D eigenvalue weighted by Gasteiger charge is 2.18. The van der Waals surface area contributed by atoms with Crippen LogP contribution in [-0.4, -0.2) is 42.5 Å². The third-order valence-electron chi connectivity index (χ3n) is 4.78. The van der Waals surface area contributed by atoms with Gasteiger partial charge in [0.2, 0.25) is 0 Å². The third kappa shape index (κ3) is 4.97. The van der Waals surface area contributed by atoms with Crippen molar-refractivity contribution in [1.29, 1.82) is 0 Å². The Morgan fingerprint density at radius 3 is 2.42 bits per heavy atom. The molecule has 1 aromatic carbocycles. The molecule has 5 nitrogen and oxygen atoms in total. The molecule has 0 unspecified atom stereocenters. The van der Waals surface area contributed by atoms with Gasteiger partial charge in [-0.25, -0.2) is 4.98 Å².